The van der Waals surface area contributed by atoms with E-state index in [1.165, 1.54) is 18.1 Å². The molecule has 7 heteroatoms. The Morgan fingerprint density at radius 3 is 2.48 bits per heavy atom. The number of carbonyl (C=O) groups excluding carboxylic acids is 2. The SMILES string of the molecule is CCOc1ccc(/C=C2\C(=O)NC(=S)N(c3ccccc3OC)C2=O)cc1. The number of nitrogens with zero attached hydrogens (tertiary/aromatic N) is 1. The molecule has 0 atom stereocenters. The third kappa shape index (κ3) is 3.83. The van der Waals surface area contributed by atoms with Gasteiger partial charge < -0.3 is 9.47 Å². The van der Waals surface area contributed by atoms with Gasteiger partial charge in [-0.1, -0.05) is 24.3 Å². The molecule has 0 saturated carbocycles. The molecule has 27 heavy (non-hydrogen) atoms. The topological polar surface area (TPSA) is 67.9 Å². The zero-order valence-electron chi connectivity index (χ0n) is 14.9. The number of methoxy groups -OCH3 is 1. The molecule has 0 bridgehead atoms. The Kier molecular flexibility index (Phi) is 5.52. The maximum Gasteiger partial charge on any atom is 0.270 e. The summed E-state index contributed by atoms with van der Waals surface area (Å²) in [5.74, 6) is 0.146. The molecule has 2 aromatic rings. The van der Waals surface area contributed by atoms with Gasteiger partial charge in [0.25, 0.3) is 11.8 Å². The maximum absolute atomic E-state index is 13.0. The number of rotatable bonds is 5. The monoisotopic (exact) mass is 382 g/mol. The van der Waals surface area contributed by atoms with Crippen molar-refractivity contribution < 1.29 is 19.1 Å². The molecule has 3 rings (SSSR count). The molecule has 0 spiro atoms. The van der Waals surface area contributed by atoms with Crippen LogP contribution < -0.4 is 19.7 Å². The molecule has 1 aliphatic rings. The first-order valence-corrected chi connectivity index (χ1v) is 8.73. The number of para-hydroxylation sites is 2. The van der Waals surface area contributed by atoms with Gasteiger partial charge in [-0.15, -0.1) is 0 Å². The van der Waals surface area contributed by atoms with Gasteiger partial charge in [0.2, 0.25) is 0 Å². The Labute approximate surface area is 162 Å². The Bertz CT molecular complexity index is 922. The van der Waals surface area contributed by atoms with E-state index >= 15 is 0 Å². The molecule has 0 aliphatic carbocycles. The molecular weight excluding hydrogens is 364 g/mol. The molecule has 2 amide bonds. The fraction of sp³-hybridized carbons (Fsp3) is 0.150. The van der Waals surface area contributed by atoms with Gasteiger partial charge in [0.1, 0.15) is 17.1 Å². The van der Waals surface area contributed by atoms with Crippen molar-refractivity contribution in [2.24, 2.45) is 0 Å². The van der Waals surface area contributed by atoms with Gasteiger partial charge in [-0.25, -0.2) is 4.90 Å². The highest BCUT2D eigenvalue weighted by atomic mass is 32.1. The molecule has 1 saturated heterocycles. The fourth-order valence-electron chi connectivity index (χ4n) is 2.68. The van der Waals surface area contributed by atoms with Crippen LogP contribution in [0.5, 0.6) is 11.5 Å². The van der Waals surface area contributed by atoms with Gasteiger partial charge >= 0.3 is 0 Å². The van der Waals surface area contributed by atoms with Crippen LogP contribution >= 0.6 is 12.2 Å². The summed E-state index contributed by atoms with van der Waals surface area (Å²) in [4.78, 5) is 26.6. The lowest BCUT2D eigenvalue weighted by Crippen LogP contribution is -2.54. The maximum atomic E-state index is 13.0. The van der Waals surface area contributed by atoms with Crippen LogP contribution in [0.4, 0.5) is 5.69 Å². The van der Waals surface area contributed by atoms with Crippen LogP contribution in [0, 0.1) is 0 Å². The van der Waals surface area contributed by atoms with Gasteiger partial charge in [0, 0.05) is 0 Å². The van der Waals surface area contributed by atoms with E-state index in [1.54, 1.807) is 48.5 Å². The first-order chi connectivity index (χ1) is 13.0. The van der Waals surface area contributed by atoms with Crippen molar-refractivity contribution in [2.45, 2.75) is 6.92 Å². The predicted octanol–water partition coefficient (Wildman–Crippen LogP) is 2.93. The van der Waals surface area contributed by atoms with Crippen LogP contribution in [-0.2, 0) is 9.59 Å². The summed E-state index contributed by atoms with van der Waals surface area (Å²) in [5.41, 5.74) is 1.15. The number of benzene rings is 2. The van der Waals surface area contributed by atoms with Crippen LogP contribution in [0.15, 0.2) is 54.1 Å². The van der Waals surface area contributed by atoms with E-state index in [0.717, 1.165) is 5.75 Å². The van der Waals surface area contributed by atoms with E-state index in [0.29, 0.717) is 23.6 Å². The number of anilines is 1. The van der Waals surface area contributed by atoms with Crippen molar-refractivity contribution in [3.63, 3.8) is 0 Å². The third-order valence-corrected chi connectivity index (χ3v) is 4.21. The highest BCUT2D eigenvalue weighted by Gasteiger charge is 2.35. The van der Waals surface area contributed by atoms with Crippen molar-refractivity contribution in [1.29, 1.82) is 0 Å². The van der Waals surface area contributed by atoms with E-state index < -0.39 is 11.8 Å². The summed E-state index contributed by atoms with van der Waals surface area (Å²) >= 11 is 5.21. The van der Waals surface area contributed by atoms with E-state index in [9.17, 15) is 9.59 Å². The van der Waals surface area contributed by atoms with Crippen molar-refractivity contribution in [3.05, 3.63) is 59.7 Å². The second-order valence-electron chi connectivity index (χ2n) is 5.63. The molecule has 2 aromatic carbocycles. The van der Waals surface area contributed by atoms with Crippen LogP contribution in [0.2, 0.25) is 0 Å². The second kappa shape index (κ2) is 8.01. The summed E-state index contributed by atoms with van der Waals surface area (Å²) in [7, 11) is 1.51. The number of hydrogen-bond acceptors (Lipinski definition) is 5. The molecule has 0 aromatic heterocycles. The van der Waals surface area contributed by atoms with Crippen molar-refractivity contribution >= 4 is 40.9 Å². The van der Waals surface area contributed by atoms with Crippen molar-refractivity contribution in [3.8, 4) is 11.5 Å². The van der Waals surface area contributed by atoms with E-state index in [4.69, 9.17) is 21.7 Å². The number of amides is 2. The van der Waals surface area contributed by atoms with E-state index in [-0.39, 0.29) is 10.7 Å². The average Bonchev–Trinajstić information content (AvgIpc) is 2.67. The van der Waals surface area contributed by atoms with Crippen molar-refractivity contribution in [1.82, 2.24) is 5.32 Å². The lowest BCUT2D eigenvalue weighted by Gasteiger charge is -2.29. The Morgan fingerprint density at radius 1 is 1.11 bits per heavy atom. The number of ether oxygens (including phenoxy) is 2. The summed E-state index contributed by atoms with van der Waals surface area (Å²) in [6.45, 7) is 2.46. The number of hydrogen-bond donors (Lipinski definition) is 1. The second-order valence-corrected chi connectivity index (χ2v) is 6.02. The highest BCUT2D eigenvalue weighted by molar-refractivity contribution is 7.80. The summed E-state index contributed by atoms with van der Waals surface area (Å²) in [6.07, 6.45) is 1.53. The largest absolute Gasteiger partial charge is 0.495 e. The Balaban J connectivity index is 1.97. The minimum atomic E-state index is -0.537. The van der Waals surface area contributed by atoms with Gasteiger partial charge in [-0.2, -0.15) is 0 Å². The molecule has 6 nitrogen and oxygen atoms in total. The minimum Gasteiger partial charge on any atom is -0.495 e. The van der Waals surface area contributed by atoms with Crippen LogP contribution in [0.3, 0.4) is 0 Å². The predicted molar refractivity (Wildman–Crippen MR) is 107 cm³/mol. The number of thiocarbonyl (C=S) groups is 1. The third-order valence-electron chi connectivity index (χ3n) is 3.93. The highest BCUT2D eigenvalue weighted by Crippen LogP contribution is 2.30. The minimum absolute atomic E-state index is 0.0124. The first kappa shape index (κ1) is 18.6. The lowest BCUT2D eigenvalue weighted by molar-refractivity contribution is -0.122. The number of carbonyl (C=O) groups is 2. The summed E-state index contributed by atoms with van der Waals surface area (Å²) in [5, 5.41) is 2.57. The molecule has 0 unspecified atom stereocenters. The lowest BCUT2D eigenvalue weighted by atomic mass is 10.1. The zero-order chi connectivity index (χ0) is 19.4. The van der Waals surface area contributed by atoms with E-state index in [1.807, 2.05) is 6.92 Å². The van der Waals surface area contributed by atoms with E-state index in [2.05, 4.69) is 5.32 Å². The molecule has 1 N–H and O–H groups in total. The van der Waals surface area contributed by atoms with Gasteiger partial charge in [0.15, 0.2) is 5.11 Å². The van der Waals surface area contributed by atoms with Gasteiger partial charge in [-0.3, -0.25) is 14.9 Å². The normalized spacial score (nSPS) is 15.7. The van der Waals surface area contributed by atoms with Crippen LogP contribution in [0.1, 0.15) is 12.5 Å². The fourth-order valence-corrected chi connectivity index (χ4v) is 2.96. The van der Waals surface area contributed by atoms with Crippen LogP contribution in [0.25, 0.3) is 6.08 Å². The van der Waals surface area contributed by atoms with Gasteiger partial charge in [0.05, 0.1) is 19.4 Å². The van der Waals surface area contributed by atoms with Crippen molar-refractivity contribution in [2.75, 3.05) is 18.6 Å². The average molecular weight is 382 g/mol. The smallest absolute Gasteiger partial charge is 0.270 e. The summed E-state index contributed by atoms with van der Waals surface area (Å²) in [6, 6.07) is 14.1. The molecule has 1 fully saturated rings. The Morgan fingerprint density at radius 2 is 1.81 bits per heavy atom. The van der Waals surface area contributed by atoms with Gasteiger partial charge in [-0.05, 0) is 55.0 Å². The zero-order valence-corrected chi connectivity index (χ0v) is 15.7. The molecule has 0 radical (unpaired) electrons. The summed E-state index contributed by atoms with van der Waals surface area (Å²) < 4.78 is 10.7. The molecule has 138 valence electrons. The molecular formula is C20H18N2O4S. The first-order valence-electron chi connectivity index (χ1n) is 8.32. The standard InChI is InChI=1S/C20H18N2O4S/c1-3-26-14-10-8-13(9-11-14)12-15-18(23)21-20(27)22(19(15)24)16-6-4-5-7-17(16)25-2/h4-12H,3H2,1-2H3,(H,21,23,27)/b15-12+. The van der Waals surface area contributed by atoms with Crippen LogP contribution in [-0.4, -0.2) is 30.6 Å². The molecule has 1 aliphatic heterocycles. The quantitative estimate of drug-likeness (QED) is 0.489. The molecule has 1 heterocycles. The number of nitrogens with one attached hydrogen (secondary N) is 1. The Hall–Kier alpha value is -3.19.